The Morgan fingerprint density at radius 2 is 2.29 bits per heavy atom. The average molecular weight is 228 g/mol. The molecule has 1 fully saturated rings. The van der Waals surface area contributed by atoms with E-state index in [4.69, 9.17) is 0 Å². The number of rotatable bonds is 3. The van der Waals surface area contributed by atoms with Crippen LogP contribution in [0.25, 0.3) is 11.3 Å². The highest BCUT2D eigenvalue weighted by atomic mass is 16.2. The van der Waals surface area contributed by atoms with Gasteiger partial charge in [0.2, 0.25) is 5.91 Å². The van der Waals surface area contributed by atoms with Crippen LogP contribution >= 0.6 is 0 Å². The molecule has 1 aliphatic carbocycles. The second kappa shape index (κ2) is 4.01. The highest BCUT2D eigenvalue weighted by Crippen LogP contribution is 2.30. The summed E-state index contributed by atoms with van der Waals surface area (Å²) in [7, 11) is 0. The first-order valence-corrected chi connectivity index (χ1v) is 5.58. The SMILES string of the molecule is O=C(Nc1cncc(-c2ccn[nH]2)c1)C1CC1. The van der Waals surface area contributed by atoms with Crippen molar-refractivity contribution in [3.05, 3.63) is 30.7 Å². The minimum atomic E-state index is 0.0913. The highest BCUT2D eigenvalue weighted by Gasteiger charge is 2.29. The Kier molecular flexibility index (Phi) is 2.36. The van der Waals surface area contributed by atoms with Gasteiger partial charge in [0.15, 0.2) is 0 Å². The summed E-state index contributed by atoms with van der Waals surface area (Å²) in [5.41, 5.74) is 2.53. The fraction of sp³-hybridized carbons (Fsp3) is 0.250. The van der Waals surface area contributed by atoms with Gasteiger partial charge in [-0.2, -0.15) is 5.10 Å². The molecule has 86 valence electrons. The van der Waals surface area contributed by atoms with E-state index in [0.717, 1.165) is 29.8 Å². The number of carbonyl (C=O) groups is 1. The monoisotopic (exact) mass is 228 g/mol. The summed E-state index contributed by atoms with van der Waals surface area (Å²) in [4.78, 5) is 15.7. The lowest BCUT2D eigenvalue weighted by Crippen LogP contribution is -2.13. The molecule has 3 rings (SSSR count). The molecule has 2 N–H and O–H groups in total. The van der Waals surface area contributed by atoms with Crippen LogP contribution in [-0.4, -0.2) is 21.1 Å². The van der Waals surface area contributed by atoms with E-state index < -0.39 is 0 Å². The van der Waals surface area contributed by atoms with Crippen LogP contribution in [0.2, 0.25) is 0 Å². The van der Waals surface area contributed by atoms with Crippen LogP contribution in [0.15, 0.2) is 30.7 Å². The molecule has 1 saturated carbocycles. The van der Waals surface area contributed by atoms with Gasteiger partial charge in [0.25, 0.3) is 0 Å². The molecule has 0 spiro atoms. The Labute approximate surface area is 98.3 Å². The lowest BCUT2D eigenvalue weighted by Gasteiger charge is -2.05. The fourth-order valence-electron chi connectivity index (χ4n) is 1.66. The van der Waals surface area contributed by atoms with E-state index in [-0.39, 0.29) is 11.8 Å². The van der Waals surface area contributed by atoms with Crippen LogP contribution in [0, 0.1) is 5.92 Å². The molecule has 2 aromatic rings. The van der Waals surface area contributed by atoms with Crippen molar-refractivity contribution in [1.82, 2.24) is 15.2 Å². The molecule has 0 radical (unpaired) electrons. The zero-order chi connectivity index (χ0) is 11.7. The normalized spacial score (nSPS) is 14.6. The number of hydrogen-bond donors (Lipinski definition) is 2. The number of nitrogens with one attached hydrogen (secondary N) is 2. The molecule has 1 aliphatic rings. The van der Waals surface area contributed by atoms with Gasteiger partial charge >= 0.3 is 0 Å². The topological polar surface area (TPSA) is 70.7 Å². The number of anilines is 1. The van der Waals surface area contributed by atoms with Crippen LogP contribution in [0.4, 0.5) is 5.69 Å². The molecule has 2 aromatic heterocycles. The van der Waals surface area contributed by atoms with E-state index in [1.54, 1.807) is 18.6 Å². The molecule has 5 heteroatoms. The number of amides is 1. The van der Waals surface area contributed by atoms with Gasteiger partial charge in [0.1, 0.15) is 0 Å². The van der Waals surface area contributed by atoms with E-state index in [0.29, 0.717) is 0 Å². The smallest absolute Gasteiger partial charge is 0.227 e. The third-order valence-corrected chi connectivity index (χ3v) is 2.77. The number of aromatic nitrogens is 3. The van der Waals surface area contributed by atoms with Gasteiger partial charge < -0.3 is 5.32 Å². The minimum absolute atomic E-state index is 0.0913. The number of hydrogen-bond acceptors (Lipinski definition) is 3. The van der Waals surface area contributed by atoms with Gasteiger partial charge in [-0.05, 0) is 25.0 Å². The second-order valence-electron chi connectivity index (χ2n) is 4.20. The summed E-state index contributed by atoms with van der Waals surface area (Å²) in [5, 5.41) is 9.62. The number of nitrogens with zero attached hydrogens (tertiary/aromatic N) is 2. The Morgan fingerprint density at radius 1 is 1.41 bits per heavy atom. The highest BCUT2D eigenvalue weighted by molar-refractivity contribution is 5.94. The third-order valence-electron chi connectivity index (χ3n) is 2.77. The standard InChI is InChI=1S/C12H12N4O/c17-12(8-1-2-8)15-10-5-9(6-13-7-10)11-3-4-14-16-11/h3-8H,1-2H2,(H,14,16)(H,15,17). The minimum Gasteiger partial charge on any atom is -0.324 e. The summed E-state index contributed by atoms with van der Waals surface area (Å²) in [6.45, 7) is 0. The van der Waals surface area contributed by atoms with Crippen molar-refractivity contribution in [2.45, 2.75) is 12.8 Å². The maximum Gasteiger partial charge on any atom is 0.227 e. The second-order valence-corrected chi connectivity index (χ2v) is 4.20. The van der Waals surface area contributed by atoms with Crippen molar-refractivity contribution < 1.29 is 4.79 Å². The predicted molar refractivity (Wildman–Crippen MR) is 63.2 cm³/mol. The molecule has 0 aromatic carbocycles. The Balaban J connectivity index is 1.81. The van der Waals surface area contributed by atoms with Crippen LogP contribution < -0.4 is 5.32 Å². The van der Waals surface area contributed by atoms with Gasteiger partial charge in [0.05, 0.1) is 17.6 Å². The van der Waals surface area contributed by atoms with Crippen LogP contribution in [-0.2, 0) is 4.79 Å². The number of aromatic amines is 1. The van der Waals surface area contributed by atoms with Crippen molar-refractivity contribution in [3.8, 4) is 11.3 Å². The Hall–Kier alpha value is -2.17. The molecular formula is C12H12N4O. The van der Waals surface area contributed by atoms with Crippen molar-refractivity contribution >= 4 is 11.6 Å². The summed E-state index contributed by atoms with van der Waals surface area (Å²) in [5.74, 6) is 0.291. The molecular weight excluding hydrogens is 216 g/mol. The van der Waals surface area contributed by atoms with Crippen molar-refractivity contribution in [1.29, 1.82) is 0 Å². The van der Waals surface area contributed by atoms with Crippen molar-refractivity contribution in [3.63, 3.8) is 0 Å². The summed E-state index contributed by atoms with van der Waals surface area (Å²) < 4.78 is 0. The lowest BCUT2D eigenvalue weighted by atomic mass is 10.2. The lowest BCUT2D eigenvalue weighted by molar-refractivity contribution is -0.117. The average Bonchev–Trinajstić information content (AvgIpc) is 3.05. The number of carbonyl (C=O) groups excluding carboxylic acids is 1. The summed E-state index contributed by atoms with van der Waals surface area (Å²) in [6.07, 6.45) is 7.07. The van der Waals surface area contributed by atoms with Crippen molar-refractivity contribution in [2.24, 2.45) is 5.92 Å². The molecule has 0 atom stereocenters. The van der Waals surface area contributed by atoms with E-state index in [1.165, 1.54) is 0 Å². The molecule has 0 aliphatic heterocycles. The zero-order valence-electron chi connectivity index (χ0n) is 9.18. The first kappa shape index (κ1) is 10.0. The maximum absolute atomic E-state index is 11.6. The van der Waals surface area contributed by atoms with Crippen molar-refractivity contribution in [2.75, 3.05) is 5.32 Å². The third kappa shape index (κ3) is 2.18. The molecule has 0 bridgehead atoms. The Morgan fingerprint density at radius 3 is 3.00 bits per heavy atom. The molecule has 5 nitrogen and oxygen atoms in total. The maximum atomic E-state index is 11.6. The van der Waals surface area contributed by atoms with Crippen LogP contribution in [0.1, 0.15) is 12.8 Å². The van der Waals surface area contributed by atoms with Crippen LogP contribution in [0.5, 0.6) is 0 Å². The van der Waals surface area contributed by atoms with Gasteiger partial charge in [0, 0.05) is 23.9 Å². The predicted octanol–water partition coefficient (Wildman–Crippen LogP) is 1.82. The number of pyridine rings is 1. The molecule has 1 amide bonds. The van der Waals surface area contributed by atoms with E-state index in [2.05, 4.69) is 20.5 Å². The first-order chi connectivity index (χ1) is 8.33. The van der Waals surface area contributed by atoms with Gasteiger partial charge in [-0.25, -0.2) is 0 Å². The molecule has 0 unspecified atom stereocenters. The summed E-state index contributed by atoms with van der Waals surface area (Å²) in [6, 6.07) is 3.75. The molecule has 17 heavy (non-hydrogen) atoms. The van der Waals surface area contributed by atoms with E-state index in [1.807, 2.05) is 12.1 Å². The van der Waals surface area contributed by atoms with E-state index >= 15 is 0 Å². The summed E-state index contributed by atoms with van der Waals surface area (Å²) >= 11 is 0. The van der Waals surface area contributed by atoms with Gasteiger partial charge in [-0.3, -0.25) is 14.9 Å². The largest absolute Gasteiger partial charge is 0.324 e. The quantitative estimate of drug-likeness (QED) is 0.841. The fourth-order valence-corrected chi connectivity index (χ4v) is 1.66. The first-order valence-electron chi connectivity index (χ1n) is 5.58. The van der Waals surface area contributed by atoms with Crippen LogP contribution in [0.3, 0.4) is 0 Å². The molecule has 2 heterocycles. The van der Waals surface area contributed by atoms with E-state index in [9.17, 15) is 4.79 Å². The van der Waals surface area contributed by atoms with Gasteiger partial charge in [-0.15, -0.1) is 0 Å². The molecule has 0 saturated heterocycles. The van der Waals surface area contributed by atoms with Gasteiger partial charge in [-0.1, -0.05) is 0 Å². The zero-order valence-corrected chi connectivity index (χ0v) is 9.18. The Bertz CT molecular complexity index is 531. The number of H-pyrrole nitrogens is 1.